The van der Waals surface area contributed by atoms with Crippen LogP contribution in [0.25, 0.3) is 0 Å². The van der Waals surface area contributed by atoms with E-state index >= 15 is 0 Å². The molecule has 1 aliphatic heterocycles. The van der Waals surface area contributed by atoms with Crippen molar-refractivity contribution in [1.82, 2.24) is 9.80 Å². The topological polar surface area (TPSA) is 40.6 Å². The molecule has 0 radical (unpaired) electrons. The average molecular weight is 189 g/mol. The third-order valence-electron chi connectivity index (χ3n) is 1.61. The fourth-order valence-corrected chi connectivity index (χ4v) is 1.07. The van der Waals surface area contributed by atoms with Gasteiger partial charge in [0.1, 0.15) is 6.54 Å². The van der Waals surface area contributed by atoms with Crippen LogP contribution in [-0.4, -0.2) is 41.9 Å². The first-order valence-electron chi connectivity index (χ1n) is 3.47. The molecular formula is C7H9ClN2O2. The summed E-state index contributed by atoms with van der Waals surface area (Å²) in [6, 6.07) is -0.269. The van der Waals surface area contributed by atoms with E-state index in [1.807, 2.05) is 0 Å². The van der Waals surface area contributed by atoms with Crippen LogP contribution in [0, 0.1) is 0 Å². The molecule has 0 unspecified atom stereocenters. The first-order chi connectivity index (χ1) is 5.66. The van der Waals surface area contributed by atoms with Crippen LogP contribution in [0.3, 0.4) is 0 Å². The minimum Gasteiger partial charge on any atom is -0.318 e. The number of carbonyl (C=O) groups excluding carboxylic acids is 2. The SMILES string of the molecule is CN1CC(=O)N(C/C=C/Cl)C1=O. The van der Waals surface area contributed by atoms with Crippen molar-refractivity contribution in [2.75, 3.05) is 20.1 Å². The zero-order valence-electron chi connectivity index (χ0n) is 6.66. The van der Waals surface area contributed by atoms with Gasteiger partial charge in [-0.25, -0.2) is 4.79 Å². The highest BCUT2D eigenvalue weighted by Gasteiger charge is 2.32. The molecule has 1 rings (SSSR count). The predicted octanol–water partition coefficient (Wildman–Crippen LogP) is 0.633. The Morgan fingerprint density at radius 2 is 2.25 bits per heavy atom. The third-order valence-corrected chi connectivity index (χ3v) is 1.79. The average Bonchev–Trinajstić information content (AvgIpc) is 2.25. The number of carbonyl (C=O) groups is 2. The van der Waals surface area contributed by atoms with Crippen LogP contribution in [-0.2, 0) is 4.79 Å². The van der Waals surface area contributed by atoms with Crippen molar-refractivity contribution < 1.29 is 9.59 Å². The number of rotatable bonds is 2. The van der Waals surface area contributed by atoms with Gasteiger partial charge in [0.05, 0.1) is 0 Å². The maximum atomic E-state index is 11.2. The first kappa shape index (κ1) is 9.06. The van der Waals surface area contributed by atoms with Crippen molar-refractivity contribution in [3.8, 4) is 0 Å². The molecule has 1 aliphatic rings. The van der Waals surface area contributed by atoms with Gasteiger partial charge in [-0.2, -0.15) is 0 Å². The zero-order chi connectivity index (χ0) is 9.14. The van der Waals surface area contributed by atoms with Crippen molar-refractivity contribution in [2.45, 2.75) is 0 Å². The summed E-state index contributed by atoms with van der Waals surface area (Å²) in [5, 5.41) is 0. The van der Waals surface area contributed by atoms with Crippen molar-refractivity contribution in [3.63, 3.8) is 0 Å². The summed E-state index contributed by atoms with van der Waals surface area (Å²) in [7, 11) is 1.59. The maximum Gasteiger partial charge on any atom is 0.327 e. The molecule has 66 valence electrons. The Morgan fingerprint density at radius 3 is 2.67 bits per heavy atom. The van der Waals surface area contributed by atoms with Gasteiger partial charge in [0, 0.05) is 19.1 Å². The number of hydrogen-bond acceptors (Lipinski definition) is 2. The highest BCUT2D eigenvalue weighted by Crippen LogP contribution is 2.07. The first-order valence-corrected chi connectivity index (χ1v) is 3.91. The van der Waals surface area contributed by atoms with E-state index in [1.165, 1.54) is 10.4 Å². The van der Waals surface area contributed by atoms with Crippen molar-refractivity contribution in [1.29, 1.82) is 0 Å². The second kappa shape index (κ2) is 3.58. The number of amides is 3. The van der Waals surface area contributed by atoms with Gasteiger partial charge in [0.2, 0.25) is 0 Å². The summed E-state index contributed by atoms with van der Waals surface area (Å²) in [5.41, 5.74) is 1.29. The molecule has 0 aromatic heterocycles. The standard InChI is InChI=1S/C7H9ClN2O2/c1-9-5-6(11)10(7(9)12)4-2-3-8/h2-3H,4-5H2,1H3/b3-2+. The summed E-state index contributed by atoms with van der Waals surface area (Å²) in [5.74, 6) is -0.183. The van der Waals surface area contributed by atoms with Crippen LogP contribution in [0.15, 0.2) is 11.6 Å². The van der Waals surface area contributed by atoms with E-state index in [1.54, 1.807) is 13.1 Å². The van der Waals surface area contributed by atoms with Gasteiger partial charge in [-0.1, -0.05) is 17.7 Å². The Kier molecular flexibility index (Phi) is 2.70. The van der Waals surface area contributed by atoms with E-state index in [0.29, 0.717) is 0 Å². The molecule has 0 saturated carbocycles. The van der Waals surface area contributed by atoms with E-state index in [2.05, 4.69) is 0 Å². The summed E-state index contributed by atoms with van der Waals surface area (Å²) < 4.78 is 0. The van der Waals surface area contributed by atoms with Gasteiger partial charge >= 0.3 is 6.03 Å². The molecule has 5 heteroatoms. The quantitative estimate of drug-likeness (QED) is 0.597. The molecule has 0 bridgehead atoms. The van der Waals surface area contributed by atoms with E-state index in [9.17, 15) is 9.59 Å². The minimum absolute atomic E-state index is 0.162. The summed E-state index contributed by atoms with van der Waals surface area (Å²) in [6.07, 6.45) is 1.55. The van der Waals surface area contributed by atoms with E-state index < -0.39 is 0 Å². The van der Waals surface area contributed by atoms with Crippen molar-refractivity contribution >= 4 is 23.5 Å². The molecule has 0 spiro atoms. The molecule has 0 atom stereocenters. The molecule has 4 nitrogen and oxygen atoms in total. The van der Waals surface area contributed by atoms with E-state index in [4.69, 9.17) is 11.6 Å². The van der Waals surface area contributed by atoms with Gasteiger partial charge in [0.15, 0.2) is 0 Å². The Hall–Kier alpha value is -1.03. The fraction of sp³-hybridized carbons (Fsp3) is 0.429. The molecule has 1 heterocycles. The number of likely N-dealkylation sites (N-methyl/N-ethyl adjacent to an activating group) is 1. The van der Waals surface area contributed by atoms with Crippen LogP contribution in [0.2, 0.25) is 0 Å². The molecule has 1 saturated heterocycles. The van der Waals surface area contributed by atoms with E-state index in [-0.39, 0.29) is 25.0 Å². The zero-order valence-corrected chi connectivity index (χ0v) is 7.41. The Labute approximate surface area is 75.4 Å². The lowest BCUT2D eigenvalue weighted by molar-refractivity contribution is -0.124. The molecule has 12 heavy (non-hydrogen) atoms. The molecule has 0 aliphatic carbocycles. The van der Waals surface area contributed by atoms with Crippen molar-refractivity contribution in [2.24, 2.45) is 0 Å². The minimum atomic E-state index is -0.269. The number of imide groups is 1. The predicted molar refractivity (Wildman–Crippen MR) is 44.7 cm³/mol. The molecule has 0 aromatic carbocycles. The highest BCUT2D eigenvalue weighted by atomic mass is 35.5. The third kappa shape index (κ3) is 1.58. The van der Waals surface area contributed by atoms with Gasteiger partial charge in [-0.3, -0.25) is 9.69 Å². The number of hydrogen-bond donors (Lipinski definition) is 0. The highest BCUT2D eigenvalue weighted by molar-refractivity contribution is 6.25. The molecule has 0 N–H and O–H groups in total. The summed E-state index contributed by atoms with van der Waals surface area (Å²) >= 11 is 5.27. The van der Waals surface area contributed by atoms with Gasteiger partial charge < -0.3 is 4.90 Å². The lowest BCUT2D eigenvalue weighted by Crippen LogP contribution is -2.31. The van der Waals surface area contributed by atoms with E-state index in [0.717, 1.165) is 4.90 Å². The second-order valence-corrected chi connectivity index (χ2v) is 2.76. The smallest absolute Gasteiger partial charge is 0.318 e. The molecule has 3 amide bonds. The Bertz CT molecular complexity index is 240. The summed E-state index contributed by atoms with van der Waals surface area (Å²) in [4.78, 5) is 24.8. The Balaban J connectivity index is 2.64. The van der Waals surface area contributed by atoms with Crippen LogP contribution in [0.1, 0.15) is 0 Å². The molecular weight excluding hydrogens is 180 g/mol. The molecule has 1 fully saturated rings. The van der Waals surface area contributed by atoms with Gasteiger partial charge in [0.25, 0.3) is 5.91 Å². The van der Waals surface area contributed by atoms with Crippen LogP contribution in [0.5, 0.6) is 0 Å². The number of nitrogens with zero attached hydrogens (tertiary/aromatic N) is 2. The number of urea groups is 1. The lowest BCUT2D eigenvalue weighted by Gasteiger charge is -2.10. The lowest BCUT2D eigenvalue weighted by atomic mass is 10.5. The van der Waals surface area contributed by atoms with Crippen molar-refractivity contribution in [3.05, 3.63) is 11.6 Å². The second-order valence-electron chi connectivity index (χ2n) is 2.50. The van der Waals surface area contributed by atoms with Gasteiger partial charge in [-0.15, -0.1) is 0 Å². The maximum absolute atomic E-state index is 11.2. The summed E-state index contributed by atoms with van der Waals surface area (Å²) in [6.45, 7) is 0.417. The van der Waals surface area contributed by atoms with Gasteiger partial charge in [-0.05, 0) is 0 Å². The fourth-order valence-electron chi connectivity index (χ4n) is 0.994. The number of halogens is 1. The Morgan fingerprint density at radius 1 is 1.58 bits per heavy atom. The van der Waals surface area contributed by atoms with Crippen LogP contribution in [0.4, 0.5) is 4.79 Å². The normalized spacial score (nSPS) is 18.5. The van der Waals surface area contributed by atoms with Crippen LogP contribution < -0.4 is 0 Å². The molecule has 0 aromatic rings. The monoisotopic (exact) mass is 188 g/mol. The van der Waals surface area contributed by atoms with Crippen LogP contribution >= 0.6 is 11.6 Å². The largest absolute Gasteiger partial charge is 0.327 e.